The smallest absolute Gasteiger partial charge is 0.312 e. The number of hydrogen-bond donors (Lipinski definition) is 1. The summed E-state index contributed by atoms with van der Waals surface area (Å²) in [7, 11) is 0. The molecular weight excluding hydrogens is 368 g/mol. The average Bonchev–Trinajstić information content (AvgIpc) is 3.09. The molecule has 2 amide bonds. The van der Waals surface area contributed by atoms with Gasteiger partial charge in [-0.25, -0.2) is 0 Å². The summed E-state index contributed by atoms with van der Waals surface area (Å²) >= 11 is 0. The standard InChI is InChI=1S/C23H26N2O4/c1-3-17-9-11-20(12-10-17)24-22(27)16(2)29-23(28)19-13-21(26)25(15-19)14-18-7-5-4-6-8-18/h4-12,16,19H,3,13-15H2,1-2H3,(H,24,27)/t16-,19+/m1/s1. The maximum absolute atomic E-state index is 12.5. The Morgan fingerprint density at radius 1 is 1.10 bits per heavy atom. The Labute approximate surface area is 170 Å². The molecule has 2 atom stereocenters. The van der Waals surface area contributed by atoms with Crippen LogP contribution in [-0.2, 0) is 32.1 Å². The van der Waals surface area contributed by atoms with Crippen molar-refractivity contribution < 1.29 is 19.1 Å². The highest BCUT2D eigenvalue weighted by molar-refractivity contribution is 5.95. The fourth-order valence-corrected chi connectivity index (χ4v) is 3.28. The molecule has 2 aromatic carbocycles. The van der Waals surface area contributed by atoms with Crippen molar-refractivity contribution in [2.24, 2.45) is 5.92 Å². The van der Waals surface area contributed by atoms with E-state index in [1.165, 1.54) is 12.5 Å². The van der Waals surface area contributed by atoms with Crippen LogP contribution in [0.5, 0.6) is 0 Å². The maximum Gasteiger partial charge on any atom is 0.312 e. The SMILES string of the molecule is CCc1ccc(NC(=O)[C@@H](C)OC(=O)[C@H]2CC(=O)N(Cc3ccccc3)C2)cc1. The topological polar surface area (TPSA) is 75.7 Å². The lowest BCUT2D eigenvalue weighted by molar-refractivity contribution is -0.157. The predicted octanol–water partition coefficient (Wildman–Crippen LogP) is 3.17. The van der Waals surface area contributed by atoms with E-state index in [0.717, 1.165) is 12.0 Å². The van der Waals surface area contributed by atoms with E-state index in [1.807, 2.05) is 54.6 Å². The summed E-state index contributed by atoms with van der Waals surface area (Å²) in [6.45, 7) is 4.36. The maximum atomic E-state index is 12.5. The van der Waals surface area contributed by atoms with Crippen LogP contribution < -0.4 is 5.32 Å². The van der Waals surface area contributed by atoms with E-state index in [0.29, 0.717) is 18.8 Å². The van der Waals surface area contributed by atoms with Crippen molar-refractivity contribution in [3.63, 3.8) is 0 Å². The van der Waals surface area contributed by atoms with Crippen LogP contribution in [0.2, 0.25) is 0 Å². The van der Waals surface area contributed by atoms with Crippen LogP contribution in [0.15, 0.2) is 54.6 Å². The molecule has 0 aromatic heterocycles. The Kier molecular flexibility index (Phi) is 6.65. The normalized spacial score (nSPS) is 17.1. The first-order valence-electron chi connectivity index (χ1n) is 9.88. The third-order valence-electron chi connectivity index (χ3n) is 5.06. The number of hydrogen-bond acceptors (Lipinski definition) is 4. The zero-order valence-electron chi connectivity index (χ0n) is 16.8. The van der Waals surface area contributed by atoms with Gasteiger partial charge < -0.3 is 15.0 Å². The van der Waals surface area contributed by atoms with Gasteiger partial charge in [0.1, 0.15) is 0 Å². The Bertz CT molecular complexity index is 864. The van der Waals surface area contributed by atoms with E-state index in [2.05, 4.69) is 12.2 Å². The highest BCUT2D eigenvalue weighted by Gasteiger charge is 2.36. The largest absolute Gasteiger partial charge is 0.452 e. The number of aryl methyl sites for hydroxylation is 1. The summed E-state index contributed by atoms with van der Waals surface area (Å²) in [5.74, 6) is -1.54. The van der Waals surface area contributed by atoms with Crippen LogP contribution in [0.25, 0.3) is 0 Å². The molecule has 0 bridgehead atoms. The number of likely N-dealkylation sites (tertiary alicyclic amines) is 1. The van der Waals surface area contributed by atoms with Gasteiger partial charge in [0.05, 0.1) is 5.92 Å². The highest BCUT2D eigenvalue weighted by atomic mass is 16.5. The van der Waals surface area contributed by atoms with E-state index in [-0.39, 0.29) is 12.3 Å². The number of nitrogens with one attached hydrogen (secondary N) is 1. The van der Waals surface area contributed by atoms with Gasteiger partial charge in [0.15, 0.2) is 6.10 Å². The molecule has 1 saturated heterocycles. The molecule has 2 aromatic rings. The second kappa shape index (κ2) is 9.37. The van der Waals surface area contributed by atoms with E-state index >= 15 is 0 Å². The number of esters is 1. The average molecular weight is 394 g/mol. The van der Waals surface area contributed by atoms with Gasteiger partial charge in [-0.1, -0.05) is 49.4 Å². The van der Waals surface area contributed by atoms with Crippen LogP contribution in [0.3, 0.4) is 0 Å². The molecule has 0 unspecified atom stereocenters. The number of rotatable bonds is 7. The van der Waals surface area contributed by atoms with Gasteiger partial charge in [-0.2, -0.15) is 0 Å². The zero-order valence-corrected chi connectivity index (χ0v) is 16.8. The van der Waals surface area contributed by atoms with Gasteiger partial charge in [-0.15, -0.1) is 0 Å². The lowest BCUT2D eigenvalue weighted by Gasteiger charge is -2.18. The number of anilines is 1. The van der Waals surface area contributed by atoms with Crippen molar-refractivity contribution >= 4 is 23.5 Å². The Morgan fingerprint density at radius 3 is 2.45 bits per heavy atom. The minimum atomic E-state index is -0.938. The Morgan fingerprint density at radius 2 is 1.79 bits per heavy atom. The van der Waals surface area contributed by atoms with Crippen molar-refractivity contribution in [1.29, 1.82) is 0 Å². The summed E-state index contributed by atoms with van der Waals surface area (Å²) in [6, 6.07) is 17.2. The van der Waals surface area contributed by atoms with E-state index in [9.17, 15) is 14.4 Å². The Balaban J connectivity index is 1.51. The van der Waals surface area contributed by atoms with Gasteiger partial charge in [-0.3, -0.25) is 14.4 Å². The number of ether oxygens (including phenoxy) is 1. The molecule has 6 heteroatoms. The van der Waals surface area contributed by atoms with Crippen molar-refractivity contribution in [2.75, 3.05) is 11.9 Å². The fourth-order valence-electron chi connectivity index (χ4n) is 3.28. The molecule has 1 aliphatic rings. The van der Waals surface area contributed by atoms with E-state index < -0.39 is 23.9 Å². The second-order valence-electron chi connectivity index (χ2n) is 7.28. The molecule has 1 aliphatic heterocycles. The summed E-state index contributed by atoms with van der Waals surface area (Å²) < 4.78 is 5.33. The molecule has 1 fully saturated rings. The van der Waals surface area contributed by atoms with Crippen LogP contribution in [-0.4, -0.2) is 35.3 Å². The molecule has 0 radical (unpaired) electrons. The minimum absolute atomic E-state index is 0.0797. The summed E-state index contributed by atoms with van der Waals surface area (Å²) in [4.78, 5) is 38.7. The summed E-state index contributed by atoms with van der Waals surface area (Å²) in [6.07, 6.45) is 0.0916. The molecule has 152 valence electrons. The van der Waals surface area contributed by atoms with Gasteiger partial charge in [-0.05, 0) is 36.6 Å². The van der Waals surface area contributed by atoms with E-state index in [1.54, 1.807) is 4.90 Å². The molecule has 1 heterocycles. The molecule has 6 nitrogen and oxygen atoms in total. The van der Waals surface area contributed by atoms with Crippen molar-refractivity contribution in [2.45, 2.75) is 39.3 Å². The third-order valence-corrected chi connectivity index (χ3v) is 5.06. The van der Waals surface area contributed by atoms with E-state index in [4.69, 9.17) is 4.74 Å². The number of benzene rings is 2. The molecule has 0 aliphatic carbocycles. The highest BCUT2D eigenvalue weighted by Crippen LogP contribution is 2.22. The molecule has 1 N–H and O–H groups in total. The van der Waals surface area contributed by atoms with Crippen LogP contribution in [0.4, 0.5) is 5.69 Å². The number of carbonyl (C=O) groups excluding carboxylic acids is 3. The quantitative estimate of drug-likeness (QED) is 0.732. The lowest BCUT2D eigenvalue weighted by atomic mass is 10.1. The van der Waals surface area contributed by atoms with Gasteiger partial charge in [0.25, 0.3) is 5.91 Å². The summed E-state index contributed by atoms with van der Waals surface area (Å²) in [5.41, 5.74) is 2.84. The predicted molar refractivity (Wildman–Crippen MR) is 110 cm³/mol. The van der Waals surface area contributed by atoms with Crippen molar-refractivity contribution in [3.05, 3.63) is 65.7 Å². The summed E-state index contributed by atoms with van der Waals surface area (Å²) in [5, 5.41) is 2.75. The number of carbonyl (C=O) groups is 3. The minimum Gasteiger partial charge on any atom is -0.452 e. The lowest BCUT2D eigenvalue weighted by Crippen LogP contribution is -2.33. The molecule has 29 heavy (non-hydrogen) atoms. The molecule has 0 saturated carbocycles. The van der Waals surface area contributed by atoms with Crippen LogP contribution in [0, 0.1) is 5.92 Å². The van der Waals surface area contributed by atoms with Gasteiger partial charge >= 0.3 is 5.97 Å². The first kappa shape index (κ1) is 20.6. The van der Waals surface area contributed by atoms with Crippen molar-refractivity contribution in [1.82, 2.24) is 4.90 Å². The fraction of sp³-hybridized carbons (Fsp3) is 0.348. The zero-order chi connectivity index (χ0) is 20.8. The molecular formula is C23H26N2O4. The van der Waals surface area contributed by atoms with Crippen molar-refractivity contribution in [3.8, 4) is 0 Å². The molecule has 3 rings (SSSR count). The van der Waals surface area contributed by atoms with Crippen LogP contribution in [0.1, 0.15) is 31.4 Å². The van der Waals surface area contributed by atoms with Crippen LogP contribution >= 0.6 is 0 Å². The van der Waals surface area contributed by atoms with Gasteiger partial charge in [0, 0.05) is 25.2 Å². The van der Waals surface area contributed by atoms with Gasteiger partial charge in [0.2, 0.25) is 5.91 Å². The first-order valence-corrected chi connectivity index (χ1v) is 9.88. The first-order chi connectivity index (χ1) is 14.0. The Hall–Kier alpha value is -3.15. The third kappa shape index (κ3) is 5.44. The number of amides is 2. The monoisotopic (exact) mass is 394 g/mol. The number of nitrogens with zero attached hydrogens (tertiary/aromatic N) is 1. The molecule has 0 spiro atoms. The second-order valence-corrected chi connectivity index (χ2v) is 7.28.